The summed E-state index contributed by atoms with van der Waals surface area (Å²) in [7, 11) is 0. The molecule has 0 rings (SSSR count). The van der Waals surface area contributed by atoms with E-state index in [1.165, 1.54) is 199 Å². The minimum Gasteiger partial charge on any atom is -0.462 e. The SMILES string of the molecule is CCCC/C=C\CCCCCCCC(=O)OCC(COC(=O)CCCCCCCCCCCCC/C=C\CCCCCCCCCC)OC(=O)CCCCCCCCC/C=C\C/C=C\CCCCC. The maximum Gasteiger partial charge on any atom is 0.306 e. The highest BCUT2D eigenvalue weighted by Gasteiger charge is 2.19. The van der Waals surface area contributed by atoms with Gasteiger partial charge in [-0.1, -0.05) is 249 Å². The lowest BCUT2D eigenvalue weighted by molar-refractivity contribution is -0.167. The first-order valence-electron chi connectivity index (χ1n) is 30.1. The highest BCUT2D eigenvalue weighted by molar-refractivity contribution is 5.71. The van der Waals surface area contributed by atoms with Crippen molar-refractivity contribution in [2.24, 2.45) is 0 Å². The quantitative estimate of drug-likeness (QED) is 0.0262. The van der Waals surface area contributed by atoms with E-state index in [1.807, 2.05) is 0 Å². The molecule has 0 radical (unpaired) electrons. The molecular weight excluding hydrogens is 853 g/mol. The van der Waals surface area contributed by atoms with Crippen LogP contribution in [0.2, 0.25) is 0 Å². The molecule has 0 amide bonds. The van der Waals surface area contributed by atoms with Crippen molar-refractivity contribution in [3.05, 3.63) is 48.6 Å². The summed E-state index contributed by atoms with van der Waals surface area (Å²) in [6, 6.07) is 0. The lowest BCUT2D eigenvalue weighted by Crippen LogP contribution is -2.30. The van der Waals surface area contributed by atoms with Crippen LogP contribution in [-0.2, 0) is 28.6 Å². The summed E-state index contributed by atoms with van der Waals surface area (Å²) in [6.45, 7) is 6.60. The van der Waals surface area contributed by atoms with E-state index in [4.69, 9.17) is 14.2 Å². The van der Waals surface area contributed by atoms with Crippen molar-refractivity contribution in [1.82, 2.24) is 0 Å². The van der Waals surface area contributed by atoms with Crippen LogP contribution in [0, 0.1) is 0 Å². The zero-order valence-corrected chi connectivity index (χ0v) is 46.1. The summed E-state index contributed by atoms with van der Waals surface area (Å²) >= 11 is 0. The monoisotopic (exact) mass is 967 g/mol. The molecule has 6 heteroatoms. The smallest absolute Gasteiger partial charge is 0.306 e. The molecule has 0 saturated carbocycles. The number of carbonyl (C=O) groups is 3. The van der Waals surface area contributed by atoms with Gasteiger partial charge in [0.15, 0.2) is 6.10 Å². The normalized spacial score (nSPS) is 12.3. The van der Waals surface area contributed by atoms with Crippen LogP contribution < -0.4 is 0 Å². The zero-order valence-electron chi connectivity index (χ0n) is 46.1. The molecule has 0 aliphatic carbocycles. The molecule has 0 aromatic carbocycles. The molecule has 0 fully saturated rings. The van der Waals surface area contributed by atoms with E-state index < -0.39 is 6.10 Å². The zero-order chi connectivity index (χ0) is 50.0. The largest absolute Gasteiger partial charge is 0.462 e. The number of ether oxygens (including phenoxy) is 3. The summed E-state index contributed by atoms with van der Waals surface area (Å²) in [5.41, 5.74) is 0. The van der Waals surface area contributed by atoms with Gasteiger partial charge in [-0.2, -0.15) is 0 Å². The van der Waals surface area contributed by atoms with Gasteiger partial charge in [0.25, 0.3) is 0 Å². The molecule has 0 N–H and O–H groups in total. The third-order valence-corrected chi connectivity index (χ3v) is 13.3. The molecule has 6 nitrogen and oxygen atoms in total. The molecule has 1 atom stereocenters. The molecular formula is C63H114O6. The Bertz CT molecular complexity index is 1200. The Balaban J connectivity index is 4.27. The van der Waals surface area contributed by atoms with Crippen LogP contribution in [0.1, 0.15) is 316 Å². The molecule has 0 heterocycles. The maximum atomic E-state index is 12.9. The summed E-state index contributed by atoms with van der Waals surface area (Å²) in [5, 5.41) is 0. The Morgan fingerprint density at radius 1 is 0.290 bits per heavy atom. The number of allylic oxidation sites excluding steroid dienone is 8. The van der Waals surface area contributed by atoms with E-state index in [0.29, 0.717) is 19.3 Å². The predicted molar refractivity (Wildman–Crippen MR) is 298 cm³/mol. The number of esters is 3. The Morgan fingerprint density at radius 3 is 0.884 bits per heavy atom. The first-order valence-corrected chi connectivity index (χ1v) is 30.1. The average Bonchev–Trinajstić information content (AvgIpc) is 3.35. The van der Waals surface area contributed by atoms with Crippen LogP contribution in [-0.4, -0.2) is 37.2 Å². The van der Waals surface area contributed by atoms with E-state index in [1.54, 1.807) is 0 Å². The van der Waals surface area contributed by atoms with Gasteiger partial charge in [-0.05, 0) is 96.3 Å². The van der Waals surface area contributed by atoms with Gasteiger partial charge in [0, 0.05) is 19.3 Å². The van der Waals surface area contributed by atoms with Crippen LogP contribution in [0.3, 0.4) is 0 Å². The highest BCUT2D eigenvalue weighted by Crippen LogP contribution is 2.16. The lowest BCUT2D eigenvalue weighted by Gasteiger charge is -2.18. The van der Waals surface area contributed by atoms with Crippen molar-refractivity contribution < 1.29 is 28.6 Å². The standard InChI is InChI=1S/C63H114O6/c1-4-7-10-13-16-19-22-24-26-28-29-30-31-32-33-35-36-38-41-44-47-50-53-56-62(65)68-59-60(58-67-61(64)55-52-49-46-43-40-21-18-15-12-9-6-3)69-63(66)57-54-51-48-45-42-39-37-34-27-25-23-20-17-14-11-8-5-2/h15,17-18,20,25,27-29,60H,4-14,16,19,21-24,26,30-59H2,1-3H3/b18-15-,20-17-,27-25-,29-28-. The van der Waals surface area contributed by atoms with Crippen LogP contribution in [0.4, 0.5) is 0 Å². The number of hydrogen-bond donors (Lipinski definition) is 0. The molecule has 0 saturated heterocycles. The van der Waals surface area contributed by atoms with E-state index in [2.05, 4.69) is 69.4 Å². The molecule has 1 unspecified atom stereocenters. The fourth-order valence-electron chi connectivity index (χ4n) is 8.69. The Labute approximate surface area is 428 Å². The van der Waals surface area contributed by atoms with E-state index in [0.717, 1.165) is 77.0 Å². The molecule has 402 valence electrons. The first-order chi connectivity index (χ1) is 34.0. The van der Waals surface area contributed by atoms with Crippen LogP contribution in [0.5, 0.6) is 0 Å². The molecule has 0 aliphatic rings. The lowest BCUT2D eigenvalue weighted by atomic mass is 10.0. The van der Waals surface area contributed by atoms with Crippen molar-refractivity contribution >= 4 is 17.9 Å². The second-order valence-electron chi connectivity index (χ2n) is 20.2. The number of hydrogen-bond acceptors (Lipinski definition) is 6. The fraction of sp³-hybridized carbons (Fsp3) is 0.825. The van der Waals surface area contributed by atoms with Crippen molar-refractivity contribution in [3.8, 4) is 0 Å². The second-order valence-corrected chi connectivity index (χ2v) is 20.2. The topological polar surface area (TPSA) is 78.9 Å². The van der Waals surface area contributed by atoms with E-state index in [9.17, 15) is 14.4 Å². The summed E-state index contributed by atoms with van der Waals surface area (Å²) in [5.74, 6) is -0.883. The van der Waals surface area contributed by atoms with Gasteiger partial charge in [0.05, 0.1) is 0 Å². The maximum absolute atomic E-state index is 12.9. The fourth-order valence-corrected chi connectivity index (χ4v) is 8.69. The second kappa shape index (κ2) is 57.9. The van der Waals surface area contributed by atoms with Crippen LogP contribution in [0.25, 0.3) is 0 Å². The van der Waals surface area contributed by atoms with Crippen molar-refractivity contribution in [1.29, 1.82) is 0 Å². The molecule has 0 aromatic rings. The third kappa shape index (κ3) is 56.2. The van der Waals surface area contributed by atoms with Gasteiger partial charge in [-0.25, -0.2) is 0 Å². The third-order valence-electron chi connectivity index (χ3n) is 13.3. The van der Waals surface area contributed by atoms with E-state index >= 15 is 0 Å². The summed E-state index contributed by atoms with van der Waals surface area (Å²) in [6.07, 6.45) is 71.1. The van der Waals surface area contributed by atoms with Crippen molar-refractivity contribution in [2.75, 3.05) is 13.2 Å². The Kier molecular flexibility index (Phi) is 55.7. The van der Waals surface area contributed by atoms with Crippen LogP contribution in [0.15, 0.2) is 48.6 Å². The van der Waals surface area contributed by atoms with Crippen molar-refractivity contribution in [2.45, 2.75) is 322 Å². The van der Waals surface area contributed by atoms with Gasteiger partial charge >= 0.3 is 17.9 Å². The number of unbranched alkanes of at least 4 members (excludes halogenated alkanes) is 36. The van der Waals surface area contributed by atoms with Gasteiger partial charge in [0.2, 0.25) is 0 Å². The average molecular weight is 968 g/mol. The first kappa shape index (κ1) is 66.4. The van der Waals surface area contributed by atoms with E-state index in [-0.39, 0.29) is 31.1 Å². The molecule has 0 spiro atoms. The van der Waals surface area contributed by atoms with Gasteiger partial charge in [0.1, 0.15) is 13.2 Å². The molecule has 69 heavy (non-hydrogen) atoms. The molecule has 0 bridgehead atoms. The predicted octanol–water partition coefficient (Wildman–Crippen LogP) is 20.2. The van der Waals surface area contributed by atoms with Gasteiger partial charge in [-0.15, -0.1) is 0 Å². The summed E-state index contributed by atoms with van der Waals surface area (Å²) in [4.78, 5) is 38.1. The highest BCUT2D eigenvalue weighted by atomic mass is 16.6. The Hall–Kier alpha value is -2.63. The van der Waals surface area contributed by atoms with Gasteiger partial charge in [-0.3, -0.25) is 14.4 Å². The molecule has 0 aromatic heterocycles. The minimum atomic E-state index is -0.780. The number of rotatable bonds is 55. The Morgan fingerprint density at radius 2 is 0.536 bits per heavy atom. The number of carbonyl (C=O) groups excluding carboxylic acids is 3. The van der Waals surface area contributed by atoms with Gasteiger partial charge < -0.3 is 14.2 Å². The van der Waals surface area contributed by atoms with Crippen molar-refractivity contribution in [3.63, 3.8) is 0 Å². The van der Waals surface area contributed by atoms with Crippen LogP contribution >= 0.6 is 0 Å². The minimum absolute atomic E-state index is 0.0776. The molecule has 0 aliphatic heterocycles. The summed E-state index contributed by atoms with van der Waals surface area (Å²) < 4.78 is 16.9.